The minimum atomic E-state index is -0.768. The molecule has 0 saturated carbocycles. The van der Waals surface area contributed by atoms with Gasteiger partial charge in [-0.15, -0.1) is 0 Å². The fourth-order valence-electron chi connectivity index (χ4n) is 2.52. The average molecular weight is 329 g/mol. The number of hydrogen-bond donors (Lipinski definition) is 1. The van der Waals surface area contributed by atoms with E-state index in [0.29, 0.717) is 28.7 Å². The topological polar surface area (TPSA) is 66.0 Å². The highest BCUT2D eigenvalue weighted by Gasteiger charge is 2.34. The number of rotatable bonds is 4. The minimum absolute atomic E-state index is 0.316. The molecule has 0 fully saturated rings. The maximum Gasteiger partial charge on any atom is 0.269 e. The molecule has 2 aromatic rings. The number of hydrogen-bond acceptors (Lipinski definition) is 5. The van der Waals surface area contributed by atoms with Gasteiger partial charge < -0.3 is 24.3 Å². The zero-order valence-electron chi connectivity index (χ0n) is 13.7. The van der Waals surface area contributed by atoms with Crippen LogP contribution in [0, 0.1) is 0 Å². The van der Waals surface area contributed by atoms with Crippen molar-refractivity contribution < 1.29 is 23.7 Å². The van der Waals surface area contributed by atoms with Gasteiger partial charge >= 0.3 is 0 Å². The molecule has 0 saturated heterocycles. The van der Waals surface area contributed by atoms with Crippen molar-refractivity contribution in [3.05, 3.63) is 42.5 Å². The summed E-state index contributed by atoms with van der Waals surface area (Å²) in [6, 6.07) is 12.4. The van der Waals surface area contributed by atoms with Gasteiger partial charge in [-0.1, -0.05) is 12.1 Å². The van der Waals surface area contributed by atoms with Crippen molar-refractivity contribution >= 4 is 11.6 Å². The summed E-state index contributed by atoms with van der Waals surface area (Å²) in [5.41, 5.74) is 0.511. The van der Waals surface area contributed by atoms with E-state index in [4.69, 9.17) is 18.9 Å². The Morgan fingerprint density at radius 3 is 2.42 bits per heavy atom. The molecule has 24 heavy (non-hydrogen) atoms. The predicted octanol–water partition coefficient (Wildman–Crippen LogP) is 2.87. The molecule has 0 radical (unpaired) electrons. The Morgan fingerprint density at radius 1 is 1.04 bits per heavy atom. The first-order valence-corrected chi connectivity index (χ1v) is 7.57. The molecule has 2 aromatic carbocycles. The molecule has 1 aliphatic rings. The van der Waals surface area contributed by atoms with Crippen molar-refractivity contribution in [2.45, 2.75) is 19.1 Å². The van der Waals surface area contributed by atoms with Crippen molar-refractivity contribution in [2.24, 2.45) is 0 Å². The van der Waals surface area contributed by atoms with Crippen LogP contribution in [0.2, 0.25) is 0 Å². The lowest BCUT2D eigenvalue weighted by Gasteiger charge is -2.31. The number of ether oxygens (including phenoxy) is 4. The summed E-state index contributed by atoms with van der Waals surface area (Å²) < 4.78 is 22.0. The van der Waals surface area contributed by atoms with E-state index in [1.54, 1.807) is 38.3 Å². The highest BCUT2D eigenvalue weighted by atomic mass is 16.6. The smallest absolute Gasteiger partial charge is 0.269 e. The molecule has 126 valence electrons. The molecule has 1 aliphatic heterocycles. The number of anilines is 1. The van der Waals surface area contributed by atoms with E-state index in [-0.39, 0.29) is 5.91 Å². The van der Waals surface area contributed by atoms with E-state index in [0.717, 1.165) is 0 Å². The van der Waals surface area contributed by atoms with Crippen LogP contribution in [-0.4, -0.2) is 32.3 Å². The Morgan fingerprint density at radius 2 is 1.75 bits per heavy atom. The first kappa shape index (κ1) is 16.0. The molecule has 6 heteroatoms. The number of amides is 1. The predicted molar refractivity (Wildman–Crippen MR) is 89.1 cm³/mol. The quantitative estimate of drug-likeness (QED) is 0.934. The number of methoxy groups -OCH3 is 2. The minimum Gasteiger partial charge on any atom is -0.497 e. The van der Waals surface area contributed by atoms with Crippen LogP contribution in [0.5, 0.6) is 23.0 Å². The van der Waals surface area contributed by atoms with Crippen LogP contribution in [0.3, 0.4) is 0 Å². The molecule has 1 N–H and O–H groups in total. The molecule has 0 aromatic heterocycles. The molecule has 6 nitrogen and oxygen atoms in total. The van der Waals surface area contributed by atoms with E-state index in [1.165, 1.54) is 7.11 Å². The summed E-state index contributed by atoms with van der Waals surface area (Å²) in [4.78, 5) is 12.6. The summed E-state index contributed by atoms with van der Waals surface area (Å²) in [5.74, 6) is 2.02. The zero-order valence-corrected chi connectivity index (χ0v) is 13.7. The summed E-state index contributed by atoms with van der Waals surface area (Å²) in [7, 11) is 3.10. The van der Waals surface area contributed by atoms with Crippen LogP contribution in [0.25, 0.3) is 0 Å². The van der Waals surface area contributed by atoms with E-state index < -0.39 is 12.2 Å². The Bertz CT molecular complexity index is 746. The molecule has 1 heterocycles. The molecule has 0 bridgehead atoms. The van der Waals surface area contributed by atoms with Gasteiger partial charge in [-0.2, -0.15) is 0 Å². The highest BCUT2D eigenvalue weighted by molar-refractivity contribution is 5.96. The monoisotopic (exact) mass is 329 g/mol. The number of carbonyl (C=O) groups excluding carboxylic acids is 1. The number of benzene rings is 2. The van der Waals surface area contributed by atoms with Crippen LogP contribution in [-0.2, 0) is 4.79 Å². The van der Waals surface area contributed by atoms with E-state index in [2.05, 4.69) is 5.32 Å². The van der Waals surface area contributed by atoms with Crippen molar-refractivity contribution in [3.8, 4) is 23.0 Å². The Labute approximate surface area is 140 Å². The van der Waals surface area contributed by atoms with Crippen LogP contribution >= 0.6 is 0 Å². The van der Waals surface area contributed by atoms with Crippen LogP contribution in [0.4, 0.5) is 5.69 Å². The Balaban J connectivity index is 1.80. The van der Waals surface area contributed by atoms with Gasteiger partial charge in [0.15, 0.2) is 11.5 Å². The van der Waals surface area contributed by atoms with Crippen LogP contribution in [0.1, 0.15) is 6.92 Å². The van der Waals surface area contributed by atoms with Crippen LogP contribution < -0.4 is 24.3 Å². The van der Waals surface area contributed by atoms with Crippen molar-refractivity contribution in [1.82, 2.24) is 0 Å². The third-order valence-electron chi connectivity index (χ3n) is 3.77. The van der Waals surface area contributed by atoms with Crippen molar-refractivity contribution in [3.63, 3.8) is 0 Å². The lowest BCUT2D eigenvalue weighted by Crippen LogP contribution is -2.46. The van der Waals surface area contributed by atoms with Gasteiger partial charge in [0.05, 0.1) is 19.9 Å². The second-order valence-electron chi connectivity index (χ2n) is 5.36. The SMILES string of the molecule is COc1ccc(OC)c(NC(=O)[C@H]2Oc3ccccc3O[C@H]2C)c1. The van der Waals surface area contributed by atoms with Crippen molar-refractivity contribution in [2.75, 3.05) is 19.5 Å². The van der Waals surface area contributed by atoms with E-state index in [9.17, 15) is 4.79 Å². The van der Waals surface area contributed by atoms with Gasteiger partial charge in [-0.05, 0) is 31.2 Å². The van der Waals surface area contributed by atoms with Crippen molar-refractivity contribution in [1.29, 1.82) is 0 Å². The number of nitrogens with one attached hydrogen (secondary N) is 1. The standard InChI is InChI=1S/C18H19NO5/c1-11-17(24-16-7-5-4-6-15(16)23-11)18(20)19-13-10-12(21-2)8-9-14(13)22-3/h4-11,17H,1-3H3,(H,19,20)/t11-,17-/m0/s1. The molecule has 0 aliphatic carbocycles. The molecule has 0 unspecified atom stereocenters. The normalized spacial score (nSPS) is 18.6. The largest absolute Gasteiger partial charge is 0.497 e. The molecule has 3 rings (SSSR count). The highest BCUT2D eigenvalue weighted by Crippen LogP contribution is 2.34. The first-order chi connectivity index (χ1) is 11.6. The Hall–Kier alpha value is -2.89. The van der Waals surface area contributed by atoms with Gasteiger partial charge in [0.25, 0.3) is 5.91 Å². The van der Waals surface area contributed by atoms with Gasteiger partial charge in [0.1, 0.15) is 17.6 Å². The van der Waals surface area contributed by atoms with Gasteiger partial charge in [-0.25, -0.2) is 0 Å². The Kier molecular flexibility index (Phi) is 4.46. The van der Waals surface area contributed by atoms with Gasteiger partial charge in [-0.3, -0.25) is 4.79 Å². The number of fused-ring (bicyclic) bond motifs is 1. The molecule has 1 amide bonds. The lowest BCUT2D eigenvalue weighted by atomic mass is 10.1. The first-order valence-electron chi connectivity index (χ1n) is 7.57. The molecular formula is C18H19NO5. The molecule has 0 spiro atoms. The number of carbonyl (C=O) groups is 1. The second-order valence-corrected chi connectivity index (χ2v) is 5.36. The maximum absolute atomic E-state index is 12.6. The summed E-state index contributed by atoms with van der Waals surface area (Å²) in [6.07, 6.45) is -1.19. The average Bonchev–Trinajstić information content (AvgIpc) is 2.60. The third-order valence-corrected chi connectivity index (χ3v) is 3.77. The van der Waals surface area contributed by atoms with E-state index >= 15 is 0 Å². The van der Waals surface area contributed by atoms with E-state index in [1.807, 2.05) is 18.2 Å². The summed E-state index contributed by atoms with van der Waals surface area (Å²) >= 11 is 0. The summed E-state index contributed by atoms with van der Waals surface area (Å²) in [5, 5.41) is 2.82. The summed E-state index contributed by atoms with van der Waals surface area (Å²) in [6.45, 7) is 1.79. The molecule has 2 atom stereocenters. The van der Waals surface area contributed by atoms with Gasteiger partial charge in [0, 0.05) is 6.07 Å². The van der Waals surface area contributed by atoms with Crippen LogP contribution in [0.15, 0.2) is 42.5 Å². The number of para-hydroxylation sites is 2. The third kappa shape index (κ3) is 3.08. The zero-order chi connectivity index (χ0) is 17.1. The second kappa shape index (κ2) is 6.70. The van der Waals surface area contributed by atoms with Gasteiger partial charge in [0.2, 0.25) is 6.10 Å². The lowest BCUT2D eigenvalue weighted by molar-refractivity contribution is -0.128. The fourth-order valence-corrected chi connectivity index (χ4v) is 2.52. The fraction of sp³-hybridized carbons (Fsp3) is 0.278. The molecular weight excluding hydrogens is 310 g/mol. The maximum atomic E-state index is 12.6.